The third kappa shape index (κ3) is 4.65. The van der Waals surface area contributed by atoms with E-state index >= 15 is 0 Å². The fourth-order valence-corrected chi connectivity index (χ4v) is 2.52. The molecule has 0 unspecified atom stereocenters. The van der Waals surface area contributed by atoms with Crippen LogP contribution in [-0.4, -0.2) is 19.8 Å². The highest BCUT2D eigenvalue weighted by Crippen LogP contribution is 2.28. The SMILES string of the molecule is CCOc1cc(CN)ccc1OCCOc1cc(C)cc(C)c1C. The number of nitrogens with two attached hydrogens (primary N) is 1. The Bertz CT molecular complexity index is 683. The maximum atomic E-state index is 5.88. The molecule has 130 valence electrons. The van der Waals surface area contributed by atoms with Crippen molar-refractivity contribution in [3.05, 3.63) is 52.6 Å². The van der Waals surface area contributed by atoms with Gasteiger partial charge in [0.25, 0.3) is 0 Å². The third-order valence-electron chi connectivity index (χ3n) is 3.91. The molecule has 2 aromatic carbocycles. The predicted octanol–water partition coefficient (Wildman–Crippen LogP) is 3.93. The zero-order chi connectivity index (χ0) is 17.5. The first-order valence-corrected chi connectivity index (χ1v) is 8.34. The highest BCUT2D eigenvalue weighted by Gasteiger charge is 2.07. The first-order valence-electron chi connectivity index (χ1n) is 8.34. The van der Waals surface area contributed by atoms with Crippen LogP contribution in [0.4, 0.5) is 0 Å². The summed E-state index contributed by atoms with van der Waals surface area (Å²) in [5, 5.41) is 0. The van der Waals surface area contributed by atoms with Crippen LogP contribution in [0, 0.1) is 20.8 Å². The van der Waals surface area contributed by atoms with E-state index in [1.165, 1.54) is 16.7 Å². The van der Waals surface area contributed by atoms with E-state index in [1.54, 1.807) is 0 Å². The van der Waals surface area contributed by atoms with E-state index < -0.39 is 0 Å². The monoisotopic (exact) mass is 329 g/mol. The van der Waals surface area contributed by atoms with Gasteiger partial charge in [-0.25, -0.2) is 0 Å². The average molecular weight is 329 g/mol. The van der Waals surface area contributed by atoms with Crippen molar-refractivity contribution in [2.45, 2.75) is 34.2 Å². The van der Waals surface area contributed by atoms with Gasteiger partial charge in [0, 0.05) is 6.54 Å². The highest BCUT2D eigenvalue weighted by atomic mass is 16.5. The van der Waals surface area contributed by atoms with E-state index in [0.717, 1.165) is 22.8 Å². The van der Waals surface area contributed by atoms with Crippen molar-refractivity contribution in [2.75, 3.05) is 19.8 Å². The zero-order valence-electron chi connectivity index (χ0n) is 15.0. The van der Waals surface area contributed by atoms with Crippen LogP contribution in [0.15, 0.2) is 30.3 Å². The molecule has 0 saturated carbocycles. The van der Waals surface area contributed by atoms with Gasteiger partial charge in [0.05, 0.1) is 6.61 Å². The minimum Gasteiger partial charge on any atom is -0.490 e. The second-order valence-corrected chi connectivity index (χ2v) is 5.82. The molecule has 0 radical (unpaired) electrons. The topological polar surface area (TPSA) is 53.7 Å². The molecule has 0 saturated heterocycles. The van der Waals surface area contributed by atoms with E-state index in [4.69, 9.17) is 19.9 Å². The predicted molar refractivity (Wildman–Crippen MR) is 97.1 cm³/mol. The molecule has 24 heavy (non-hydrogen) atoms. The fraction of sp³-hybridized carbons (Fsp3) is 0.400. The van der Waals surface area contributed by atoms with Gasteiger partial charge < -0.3 is 19.9 Å². The van der Waals surface area contributed by atoms with Crippen LogP contribution in [0.2, 0.25) is 0 Å². The molecule has 0 aromatic heterocycles. The van der Waals surface area contributed by atoms with Crippen LogP contribution in [0.3, 0.4) is 0 Å². The molecule has 0 atom stereocenters. The summed E-state index contributed by atoms with van der Waals surface area (Å²) in [5.41, 5.74) is 10.3. The van der Waals surface area contributed by atoms with Crippen LogP contribution in [0.25, 0.3) is 0 Å². The van der Waals surface area contributed by atoms with Gasteiger partial charge in [0.15, 0.2) is 11.5 Å². The number of aryl methyl sites for hydroxylation is 2. The van der Waals surface area contributed by atoms with Crippen molar-refractivity contribution >= 4 is 0 Å². The summed E-state index contributed by atoms with van der Waals surface area (Å²) in [7, 11) is 0. The second kappa shape index (κ2) is 8.60. The van der Waals surface area contributed by atoms with Gasteiger partial charge >= 0.3 is 0 Å². The maximum Gasteiger partial charge on any atom is 0.161 e. The number of benzene rings is 2. The first kappa shape index (κ1) is 18.1. The maximum absolute atomic E-state index is 5.88. The van der Waals surface area contributed by atoms with Gasteiger partial charge in [-0.2, -0.15) is 0 Å². The normalized spacial score (nSPS) is 10.5. The van der Waals surface area contributed by atoms with Gasteiger partial charge in [-0.1, -0.05) is 12.1 Å². The molecule has 0 fully saturated rings. The van der Waals surface area contributed by atoms with Crippen LogP contribution >= 0.6 is 0 Å². The third-order valence-corrected chi connectivity index (χ3v) is 3.91. The lowest BCUT2D eigenvalue weighted by atomic mass is 10.1. The molecule has 2 N–H and O–H groups in total. The quantitative estimate of drug-likeness (QED) is 0.746. The molecule has 0 bridgehead atoms. The second-order valence-electron chi connectivity index (χ2n) is 5.82. The summed E-state index contributed by atoms with van der Waals surface area (Å²) in [5.74, 6) is 2.36. The molecule has 2 aromatic rings. The van der Waals surface area contributed by atoms with Gasteiger partial charge in [-0.05, 0) is 68.1 Å². The van der Waals surface area contributed by atoms with Crippen molar-refractivity contribution in [3.63, 3.8) is 0 Å². The fourth-order valence-electron chi connectivity index (χ4n) is 2.52. The lowest BCUT2D eigenvalue weighted by Gasteiger charge is -2.15. The van der Waals surface area contributed by atoms with Gasteiger partial charge in [-0.15, -0.1) is 0 Å². The van der Waals surface area contributed by atoms with Crippen molar-refractivity contribution in [1.82, 2.24) is 0 Å². The zero-order valence-corrected chi connectivity index (χ0v) is 15.0. The Morgan fingerprint density at radius 2 is 1.54 bits per heavy atom. The van der Waals surface area contributed by atoms with Crippen molar-refractivity contribution in [2.24, 2.45) is 5.73 Å². The molecule has 0 amide bonds. The largest absolute Gasteiger partial charge is 0.490 e. The van der Waals surface area contributed by atoms with Crippen LogP contribution < -0.4 is 19.9 Å². The molecule has 0 aliphatic heterocycles. The molecular formula is C20H27NO3. The number of hydrogen-bond acceptors (Lipinski definition) is 4. The Morgan fingerprint density at radius 3 is 2.21 bits per heavy atom. The van der Waals surface area contributed by atoms with Gasteiger partial charge in [0.2, 0.25) is 0 Å². The van der Waals surface area contributed by atoms with E-state index in [0.29, 0.717) is 26.4 Å². The molecule has 4 heteroatoms. The number of ether oxygens (including phenoxy) is 3. The number of rotatable bonds is 8. The average Bonchev–Trinajstić information content (AvgIpc) is 2.57. The molecular weight excluding hydrogens is 302 g/mol. The Morgan fingerprint density at radius 1 is 0.833 bits per heavy atom. The molecule has 0 heterocycles. The molecule has 0 spiro atoms. The Hall–Kier alpha value is -2.20. The summed E-state index contributed by atoms with van der Waals surface area (Å²) >= 11 is 0. The summed E-state index contributed by atoms with van der Waals surface area (Å²) in [6.45, 7) is 10.2. The van der Waals surface area contributed by atoms with Gasteiger partial charge in [0.1, 0.15) is 19.0 Å². The van der Waals surface area contributed by atoms with Gasteiger partial charge in [-0.3, -0.25) is 0 Å². The summed E-state index contributed by atoms with van der Waals surface area (Å²) in [6, 6.07) is 9.99. The lowest BCUT2D eigenvalue weighted by molar-refractivity contribution is 0.207. The lowest BCUT2D eigenvalue weighted by Crippen LogP contribution is -2.11. The minimum absolute atomic E-state index is 0.453. The van der Waals surface area contributed by atoms with Crippen molar-refractivity contribution < 1.29 is 14.2 Å². The molecule has 0 aliphatic rings. The summed E-state index contributed by atoms with van der Waals surface area (Å²) in [4.78, 5) is 0. The van der Waals surface area contributed by atoms with Crippen LogP contribution in [0.1, 0.15) is 29.2 Å². The smallest absolute Gasteiger partial charge is 0.161 e. The van der Waals surface area contributed by atoms with E-state index in [1.807, 2.05) is 25.1 Å². The first-order chi connectivity index (χ1) is 11.5. The Balaban J connectivity index is 1.95. The standard InChI is InChI=1S/C20H27NO3/c1-5-22-20-12-17(13-21)6-7-18(20)23-8-9-24-19-11-14(2)10-15(3)16(19)4/h6-7,10-12H,5,8-9,13,21H2,1-4H3. The van der Waals surface area contributed by atoms with Crippen molar-refractivity contribution in [3.8, 4) is 17.2 Å². The van der Waals surface area contributed by atoms with Crippen LogP contribution in [-0.2, 0) is 6.54 Å². The number of hydrogen-bond donors (Lipinski definition) is 1. The minimum atomic E-state index is 0.453. The van der Waals surface area contributed by atoms with E-state index in [2.05, 4.69) is 32.9 Å². The van der Waals surface area contributed by atoms with E-state index in [9.17, 15) is 0 Å². The Kier molecular flexibility index (Phi) is 6.50. The van der Waals surface area contributed by atoms with E-state index in [-0.39, 0.29) is 0 Å². The highest BCUT2D eigenvalue weighted by molar-refractivity contribution is 5.43. The molecule has 0 aliphatic carbocycles. The van der Waals surface area contributed by atoms with Crippen molar-refractivity contribution in [1.29, 1.82) is 0 Å². The van der Waals surface area contributed by atoms with Crippen LogP contribution in [0.5, 0.6) is 17.2 Å². The Labute approximate surface area is 144 Å². The molecule has 4 nitrogen and oxygen atoms in total. The summed E-state index contributed by atoms with van der Waals surface area (Å²) in [6.07, 6.45) is 0. The summed E-state index contributed by atoms with van der Waals surface area (Å²) < 4.78 is 17.3. The molecule has 2 rings (SSSR count).